The Kier molecular flexibility index (Phi) is 4.96. The third-order valence-electron chi connectivity index (χ3n) is 4.03. The lowest BCUT2D eigenvalue weighted by Gasteiger charge is -2.24. The van der Waals surface area contributed by atoms with Crippen LogP contribution in [0.4, 0.5) is 0 Å². The Morgan fingerprint density at radius 2 is 2.00 bits per heavy atom. The lowest BCUT2D eigenvalue weighted by molar-refractivity contribution is 0.267. The molecule has 0 saturated carbocycles. The van der Waals surface area contributed by atoms with Crippen molar-refractivity contribution in [1.82, 2.24) is 10.1 Å². The van der Waals surface area contributed by atoms with Crippen molar-refractivity contribution in [3.63, 3.8) is 0 Å². The summed E-state index contributed by atoms with van der Waals surface area (Å²) in [5.74, 6) is 2.00. The molecule has 2 N–H and O–H groups in total. The number of nitrogens with zero attached hydrogens (tertiary/aromatic N) is 2. The van der Waals surface area contributed by atoms with Gasteiger partial charge in [0, 0.05) is 12.1 Å². The fourth-order valence-electron chi connectivity index (χ4n) is 2.38. The molecule has 2 rings (SSSR count). The van der Waals surface area contributed by atoms with Gasteiger partial charge in [-0.15, -0.1) is 0 Å². The lowest BCUT2D eigenvalue weighted by Crippen LogP contribution is -2.34. The highest BCUT2D eigenvalue weighted by molar-refractivity contribution is 5.57. The van der Waals surface area contributed by atoms with Gasteiger partial charge in [0.1, 0.15) is 5.75 Å². The number of benzene rings is 1. The zero-order chi connectivity index (χ0) is 15.3. The summed E-state index contributed by atoms with van der Waals surface area (Å²) >= 11 is 0. The Morgan fingerprint density at radius 3 is 2.62 bits per heavy atom. The van der Waals surface area contributed by atoms with Crippen molar-refractivity contribution < 1.29 is 9.26 Å². The second-order valence-corrected chi connectivity index (χ2v) is 5.08. The Hall–Kier alpha value is -1.88. The van der Waals surface area contributed by atoms with Crippen LogP contribution in [0.25, 0.3) is 11.4 Å². The van der Waals surface area contributed by atoms with Crippen LogP contribution in [0.3, 0.4) is 0 Å². The van der Waals surface area contributed by atoms with E-state index in [9.17, 15) is 0 Å². The highest BCUT2D eigenvalue weighted by Crippen LogP contribution is 2.31. The lowest BCUT2D eigenvalue weighted by atomic mass is 9.82. The van der Waals surface area contributed by atoms with Gasteiger partial charge in [0.15, 0.2) is 0 Å². The quantitative estimate of drug-likeness (QED) is 0.847. The van der Waals surface area contributed by atoms with E-state index in [-0.39, 0.29) is 5.41 Å². The van der Waals surface area contributed by atoms with Crippen LogP contribution in [0.2, 0.25) is 0 Å². The third-order valence-corrected chi connectivity index (χ3v) is 4.03. The molecule has 0 amide bonds. The summed E-state index contributed by atoms with van der Waals surface area (Å²) in [6.07, 6.45) is 1.75. The minimum absolute atomic E-state index is 0.233. The zero-order valence-electron chi connectivity index (χ0n) is 12.9. The van der Waals surface area contributed by atoms with E-state index >= 15 is 0 Å². The van der Waals surface area contributed by atoms with E-state index in [4.69, 9.17) is 15.0 Å². The number of rotatable bonds is 7. The van der Waals surface area contributed by atoms with E-state index in [0.717, 1.165) is 24.2 Å². The van der Waals surface area contributed by atoms with Gasteiger partial charge in [-0.2, -0.15) is 4.98 Å². The van der Waals surface area contributed by atoms with Crippen LogP contribution in [0.15, 0.2) is 28.8 Å². The summed E-state index contributed by atoms with van der Waals surface area (Å²) in [5, 5.41) is 4.10. The molecular formula is C16H23N3O2. The van der Waals surface area contributed by atoms with Crippen molar-refractivity contribution >= 4 is 0 Å². The molecule has 0 aliphatic carbocycles. The topological polar surface area (TPSA) is 74.2 Å². The number of hydrogen-bond donors (Lipinski definition) is 1. The molecule has 0 aliphatic rings. The van der Waals surface area contributed by atoms with Crippen LogP contribution in [0, 0.1) is 0 Å². The molecule has 0 saturated heterocycles. The molecule has 0 unspecified atom stereocenters. The van der Waals surface area contributed by atoms with Crippen molar-refractivity contribution in [1.29, 1.82) is 0 Å². The van der Waals surface area contributed by atoms with Crippen LogP contribution < -0.4 is 10.5 Å². The van der Waals surface area contributed by atoms with Crippen molar-refractivity contribution in [3.8, 4) is 17.1 Å². The molecule has 0 atom stereocenters. The van der Waals surface area contributed by atoms with E-state index in [1.54, 1.807) is 0 Å². The van der Waals surface area contributed by atoms with Crippen molar-refractivity contribution in [2.75, 3.05) is 13.2 Å². The smallest absolute Gasteiger partial charge is 0.234 e. The van der Waals surface area contributed by atoms with E-state index < -0.39 is 0 Å². The molecule has 1 aromatic heterocycles. The van der Waals surface area contributed by atoms with Gasteiger partial charge in [-0.25, -0.2) is 0 Å². The average molecular weight is 289 g/mol. The van der Waals surface area contributed by atoms with Gasteiger partial charge in [0.25, 0.3) is 0 Å². The predicted octanol–water partition coefficient (Wildman–Crippen LogP) is 3.15. The number of ether oxygens (including phenoxy) is 1. The third kappa shape index (κ3) is 3.08. The van der Waals surface area contributed by atoms with Crippen LogP contribution >= 0.6 is 0 Å². The zero-order valence-corrected chi connectivity index (χ0v) is 12.9. The van der Waals surface area contributed by atoms with Crippen molar-refractivity contribution in [2.45, 2.75) is 39.0 Å². The predicted molar refractivity (Wildman–Crippen MR) is 82.2 cm³/mol. The van der Waals surface area contributed by atoms with E-state index in [0.29, 0.717) is 24.9 Å². The summed E-state index contributed by atoms with van der Waals surface area (Å²) in [7, 11) is 0. The molecule has 0 fully saturated rings. The summed E-state index contributed by atoms with van der Waals surface area (Å²) in [5.41, 5.74) is 6.57. The summed E-state index contributed by atoms with van der Waals surface area (Å²) in [6.45, 7) is 7.27. The first-order chi connectivity index (χ1) is 10.2. The van der Waals surface area contributed by atoms with Gasteiger partial charge in [0.05, 0.1) is 12.0 Å². The van der Waals surface area contributed by atoms with E-state index in [1.165, 1.54) is 0 Å². The van der Waals surface area contributed by atoms with Crippen molar-refractivity contribution in [3.05, 3.63) is 30.2 Å². The van der Waals surface area contributed by atoms with Gasteiger partial charge in [-0.05, 0) is 31.9 Å². The highest BCUT2D eigenvalue weighted by Gasteiger charge is 2.33. The molecule has 0 radical (unpaired) electrons. The SMILES string of the molecule is CCOc1cccc(-c2noc(C(CC)(CC)CN)n2)c1. The van der Waals surface area contributed by atoms with Crippen LogP contribution in [-0.4, -0.2) is 23.3 Å². The average Bonchev–Trinajstić information content (AvgIpc) is 3.01. The standard InChI is InChI=1S/C16H23N3O2/c1-4-16(5-2,11-17)15-18-14(19-21-15)12-8-7-9-13(10-12)20-6-3/h7-10H,4-6,11,17H2,1-3H3. The monoisotopic (exact) mass is 289 g/mol. The summed E-state index contributed by atoms with van der Waals surface area (Å²) in [6, 6.07) is 7.70. The summed E-state index contributed by atoms with van der Waals surface area (Å²) in [4.78, 5) is 4.55. The molecule has 114 valence electrons. The van der Waals surface area contributed by atoms with Gasteiger partial charge >= 0.3 is 0 Å². The molecular weight excluding hydrogens is 266 g/mol. The maximum absolute atomic E-state index is 5.92. The molecule has 1 aromatic carbocycles. The normalized spacial score (nSPS) is 11.6. The molecule has 5 heteroatoms. The van der Waals surface area contributed by atoms with Gasteiger partial charge in [-0.1, -0.05) is 31.1 Å². The Bertz CT molecular complexity index is 568. The van der Waals surface area contributed by atoms with Gasteiger partial charge in [0.2, 0.25) is 11.7 Å². The molecule has 0 bridgehead atoms. The van der Waals surface area contributed by atoms with Gasteiger partial charge < -0.3 is 15.0 Å². The maximum atomic E-state index is 5.92. The second kappa shape index (κ2) is 6.72. The largest absolute Gasteiger partial charge is 0.494 e. The minimum atomic E-state index is -0.233. The molecule has 5 nitrogen and oxygen atoms in total. The minimum Gasteiger partial charge on any atom is -0.494 e. The fraction of sp³-hybridized carbons (Fsp3) is 0.500. The maximum Gasteiger partial charge on any atom is 0.234 e. The number of hydrogen-bond acceptors (Lipinski definition) is 5. The van der Waals surface area contributed by atoms with E-state index in [1.807, 2.05) is 31.2 Å². The summed E-state index contributed by atoms with van der Waals surface area (Å²) < 4.78 is 11.0. The number of nitrogens with two attached hydrogens (primary N) is 1. The first-order valence-electron chi connectivity index (χ1n) is 7.46. The second-order valence-electron chi connectivity index (χ2n) is 5.08. The van der Waals surface area contributed by atoms with Gasteiger partial charge in [-0.3, -0.25) is 0 Å². The Labute approximate surface area is 125 Å². The van der Waals surface area contributed by atoms with Crippen LogP contribution in [0.5, 0.6) is 5.75 Å². The molecule has 2 aromatic rings. The Morgan fingerprint density at radius 1 is 1.24 bits per heavy atom. The molecule has 21 heavy (non-hydrogen) atoms. The Balaban J connectivity index is 2.33. The fourth-order valence-corrected chi connectivity index (χ4v) is 2.38. The first kappa shape index (κ1) is 15.5. The highest BCUT2D eigenvalue weighted by atomic mass is 16.5. The van der Waals surface area contributed by atoms with Crippen LogP contribution in [0.1, 0.15) is 39.5 Å². The first-order valence-corrected chi connectivity index (χ1v) is 7.46. The molecule has 1 heterocycles. The van der Waals surface area contributed by atoms with Crippen LogP contribution in [-0.2, 0) is 5.41 Å². The molecule has 0 aliphatic heterocycles. The van der Waals surface area contributed by atoms with Crippen molar-refractivity contribution in [2.24, 2.45) is 5.73 Å². The molecule has 0 spiro atoms. The number of aromatic nitrogens is 2. The van der Waals surface area contributed by atoms with E-state index in [2.05, 4.69) is 24.0 Å².